The van der Waals surface area contributed by atoms with Crippen LogP contribution in [0, 0.1) is 0 Å². The fraction of sp³-hybridized carbons (Fsp3) is 0.462. The second kappa shape index (κ2) is 6.57. The van der Waals surface area contributed by atoms with Crippen LogP contribution in [0.1, 0.15) is 12.5 Å². The van der Waals surface area contributed by atoms with Gasteiger partial charge in [0.1, 0.15) is 5.37 Å². The Morgan fingerprint density at radius 3 is 2.90 bits per heavy atom. The van der Waals surface area contributed by atoms with Crippen molar-refractivity contribution in [1.29, 1.82) is 0 Å². The largest absolute Gasteiger partial charge is 0.409 e. The number of benzene rings is 1. The van der Waals surface area contributed by atoms with Crippen molar-refractivity contribution in [1.82, 2.24) is 0 Å². The van der Waals surface area contributed by atoms with Gasteiger partial charge in [0.15, 0.2) is 15.7 Å². The first kappa shape index (κ1) is 16.0. The molecule has 1 aliphatic heterocycles. The van der Waals surface area contributed by atoms with E-state index < -0.39 is 15.2 Å². The molecular formula is C13H19N3O3S2. The van der Waals surface area contributed by atoms with Crippen LogP contribution in [0.4, 0.5) is 5.69 Å². The van der Waals surface area contributed by atoms with E-state index >= 15 is 0 Å². The summed E-state index contributed by atoms with van der Waals surface area (Å²) in [6, 6.07) is 7.13. The van der Waals surface area contributed by atoms with Gasteiger partial charge in [-0.05, 0) is 12.1 Å². The third-order valence-electron chi connectivity index (χ3n) is 3.50. The number of nitrogens with zero attached hydrogens (tertiary/aromatic N) is 2. The maximum Gasteiger partial charge on any atom is 0.172 e. The van der Waals surface area contributed by atoms with Crippen LogP contribution in [-0.2, 0) is 9.84 Å². The van der Waals surface area contributed by atoms with Crippen LogP contribution in [0.2, 0.25) is 0 Å². The van der Waals surface area contributed by atoms with Gasteiger partial charge in [-0.15, -0.1) is 0 Å². The van der Waals surface area contributed by atoms with Crippen LogP contribution >= 0.6 is 11.8 Å². The minimum Gasteiger partial charge on any atom is -0.409 e. The maximum absolute atomic E-state index is 12.3. The SMILES string of the molecule is CCS(=O)(=O)C1CSCCN1c1ccccc1C(N)=NO. The first-order valence-corrected chi connectivity index (χ1v) is 9.51. The minimum atomic E-state index is -3.21. The van der Waals surface area contributed by atoms with Crippen molar-refractivity contribution in [3.05, 3.63) is 29.8 Å². The number of sulfone groups is 1. The zero-order valence-corrected chi connectivity index (χ0v) is 13.4. The molecule has 2 rings (SSSR count). The Morgan fingerprint density at radius 2 is 2.24 bits per heavy atom. The third-order valence-corrected chi connectivity index (χ3v) is 6.79. The zero-order chi connectivity index (χ0) is 15.5. The van der Waals surface area contributed by atoms with Gasteiger partial charge in [0, 0.05) is 35.1 Å². The molecule has 0 aliphatic carbocycles. The molecule has 1 saturated heterocycles. The van der Waals surface area contributed by atoms with Gasteiger partial charge in [0.25, 0.3) is 0 Å². The lowest BCUT2D eigenvalue weighted by atomic mass is 10.1. The molecule has 0 aromatic heterocycles. The molecule has 1 aromatic carbocycles. The second-order valence-corrected chi connectivity index (χ2v) is 8.27. The summed E-state index contributed by atoms with van der Waals surface area (Å²) < 4.78 is 24.6. The van der Waals surface area contributed by atoms with Crippen LogP contribution in [0.5, 0.6) is 0 Å². The summed E-state index contributed by atoms with van der Waals surface area (Å²) in [6.45, 7) is 2.27. The number of amidine groups is 1. The highest BCUT2D eigenvalue weighted by Gasteiger charge is 2.34. The highest BCUT2D eigenvalue weighted by molar-refractivity contribution is 8.01. The topological polar surface area (TPSA) is 96.0 Å². The van der Waals surface area contributed by atoms with Crippen molar-refractivity contribution in [2.45, 2.75) is 12.3 Å². The van der Waals surface area contributed by atoms with E-state index in [0.717, 1.165) is 5.75 Å². The Labute approximate surface area is 128 Å². The molecule has 1 aliphatic rings. The van der Waals surface area contributed by atoms with Gasteiger partial charge < -0.3 is 15.8 Å². The first-order chi connectivity index (χ1) is 10.0. The van der Waals surface area contributed by atoms with E-state index in [1.807, 2.05) is 17.0 Å². The Morgan fingerprint density at radius 1 is 1.52 bits per heavy atom. The van der Waals surface area contributed by atoms with Crippen LogP contribution in [0.3, 0.4) is 0 Å². The van der Waals surface area contributed by atoms with E-state index in [1.165, 1.54) is 0 Å². The van der Waals surface area contributed by atoms with Crippen LogP contribution < -0.4 is 10.6 Å². The number of nitrogens with two attached hydrogens (primary N) is 1. The van der Waals surface area contributed by atoms with E-state index in [9.17, 15) is 8.42 Å². The molecule has 1 unspecified atom stereocenters. The lowest BCUT2D eigenvalue weighted by molar-refractivity contribution is 0.318. The van der Waals surface area contributed by atoms with Crippen LogP contribution in [0.15, 0.2) is 29.4 Å². The predicted molar refractivity (Wildman–Crippen MR) is 86.9 cm³/mol. The molecule has 8 heteroatoms. The molecule has 1 fully saturated rings. The van der Waals surface area contributed by atoms with E-state index in [2.05, 4.69) is 5.16 Å². The highest BCUT2D eigenvalue weighted by atomic mass is 32.2. The molecule has 1 heterocycles. The van der Waals surface area contributed by atoms with Gasteiger partial charge in [-0.2, -0.15) is 11.8 Å². The maximum atomic E-state index is 12.3. The molecule has 6 nitrogen and oxygen atoms in total. The minimum absolute atomic E-state index is 0.0172. The van der Waals surface area contributed by atoms with Crippen molar-refractivity contribution in [2.75, 3.05) is 28.7 Å². The van der Waals surface area contributed by atoms with Crippen molar-refractivity contribution >= 4 is 33.1 Å². The van der Waals surface area contributed by atoms with E-state index in [0.29, 0.717) is 23.5 Å². The van der Waals surface area contributed by atoms with Gasteiger partial charge in [-0.25, -0.2) is 8.42 Å². The lowest BCUT2D eigenvalue weighted by Crippen LogP contribution is -2.48. The fourth-order valence-corrected chi connectivity index (χ4v) is 5.32. The van der Waals surface area contributed by atoms with Gasteiger partial charge in [-0.1, -0.05) is 24.2 Å². The smallest absolute Gasteiger partial charge is 0.172 e. The average Bonchev–Trinajstić information content (AvgIpc) is 2.54. The van der Waals surface area contributed by atoms with Crippen LogP contribution in [0.25, 0.3) is 0 Å². The third kappa shape index (κ3) is 3.26. The number of anilines is 1. The fourth-order valence-electron chi connectivity index (χ4n) is 2.34. The number of rotatable bonds is 4. The predicted octanol–water partition coefficient (Wildman–Crippen LogP) is 1.10. The normalized spacial score (nSPS) is 20.5. The molecule has 0 radical (unpaired) electrons. The Bertz CT molecular complexity index is 631. The van der Waals surface area contributed by atoms with E-state index in [1.54, 1.807) is 30.8 Å². The van der Waals surface area contributed by atoms with Crippen molar-refractivity contribution < 1.29 is 13.6 Å². The average molecular weight is 329 g/mol. The summed E-state index contributed by atoms with van der Waals surface area (Å²) in [4.78, 5) is 1.85. The molecule has 0 saturated carbocycles. The molecule has 0 bridgehead atoms. The van der Waals surface area contributed by atoms with E-state index in [4.69, 9.17) is 10.9 Å². The number of thioether (sulfide) groups is 1. The number of hydrogen-bond donors (Lipinski definition) is 2. The first-order valence-electron chi connectivity index (χ1n) is 6.64. The Hall–Kier alpha value is -1.41. The van der Waals surface area contributed by atoms with Crippen LogP contribution in [-0.4, -0.2) is 48.6 Å². The molecule has 1 atom stereocenters. The van der Waals surface area contributed by atoms with E-state index in [-0.39, 0.29) is 11.6 Å². The quantitative estimate of drug-likeness (QED) is 0.372. The number of hydrogen-bond acceptors (Lipinski definition) is 6. The number of oxime groups is 1. The standard InChI is InChI=1S/C13H19N3O3S2/c1-2-21(18,19)12-9-20-8-7-16(12)11-6-4-3-5-10(11)13(14)15-17/h3-6,12,17H,2,7-9H2,1H3,(H2,14,15). The van der Waals surface area contributed by atoms with Gasteiger partial charge in [-0.3, -0.25) is 0 Å². The molecule has 3 N–H and O–H groups in total. The summed E-state index contributed by atoms with van der Waals surface area (Å²) in [7, 11) is -3.21. The monoisotopic (exact) mass is 329 g/mol. The highest BCUT2D eigenvalue weighted by Crippen LogP contribution is 2.29. The van der Waals surface area contributed by atoms with Crippen molar-refractivity contribution in [3.63, 3.8) is 0 Å². The summed E-state index contributed by atoms with van der Waals surface area (Å²) >= 11 is 1.63. The summed E-state index contributed by atoms with van der Waals surface area (Å²) in [5.74, 6) is 1.46. The molecule has 0 amide bonds. The second-order valence-electron chi connectivity index (χ2n) is 4.68. The van der Waals surface area contributed by atoms with Crippen molar-refractivity contribution in [3.8, 4) is 0 Å². The number of para-hydroxylation sites is 1. The molecule has 116 valence electrons. The molecule has 1 aromatic rings. The Balaban J connectivity index is 2.48. The molecule has 0 spiro atoms. The lowest BCUT2D eigenvalue weighted by Gasteiger charge is -2.37. The van der Waals surface area contributed by atoms with Gasteiger partial charge in [0.05, 0.1) is 0 Å². The zero-order valence-electron chi connectivity index (χ0n) is 11.8. The summed E-state index contributed by atoms with van der Waals surface area (Å²) in [5, 5.41) is 11.4. The Kier molecular flexibility index (Phi) is 5.00. The summed E-state index contributed by atoms with van der Waals surface area (Å²) in [5.41, 5.74) is 6.94. The van der Waals surface area contributed by atoms with Crippen molar-refractivity contribution in [2.24, 2.45) is 10.9 Å². The molecule has 21 heavy (non-hydrogen) atoms. The van der Waals surface area contributed by atoms with Gasteiger partial charge >= 0.3 is 0 Å². The van der Waals surface area contributed by atoms with Gasteiger partial charge in [0.2, 0.25) is 0 Å². The molecular weight excluding hydrogens is 310 g/mol. The summed E-state index contributed by atoms with van der Waals surface area (Å²) in [6.07, 6.45) is 0.